The SMILES string of the molecule is COCCn1c(Cc2ccccc2)nnc1S[C@@H](C)C(=O)Nc1ccc(F)cc1. The molecule has 0 aliphatic heterocycles. The van der Waals surface area contributed by atoms with Crippen molar-refractivity contribution in [2.45, 2.75) is 30.3 Å². The first-order valence-corrected chi connectivity index (χ1v) is 10.1. The van der Waals surface area contributed by atoms with Gasteiger partial charge < -0.3 is 14.6 Å². The van der Waals surface area contributed by atoms with E-state index in [0.29, 0.717) is 30.4 Å². The van der Waals surface area contributed by atoms with Gasteiger partial charge in [0, 0.05) is 25.8 Å². The molecule has 1 atom stereocenters. The second-order valence-electron chi connectivity index (χ2n) is 6.46. The van der Waals surface area contributed by atoms with Gasteiger partial charge in [0.25, 0.3) is 0 Å². The molecule has 1 aromatic heterocycles. The minimum atomic E-state index is -0.407. The van der Waals surface area contributed by atoms with Gasteiger partial charge in [0.05, 0.1) is 11.9 Å². The molecule has 0 radical (unpaired) electrons. The highest BCUT2D eigenvalue weighted by Crippen LogP contribution is 2.24. The van der Waals surface area contributed by atoms with E-state index in [-0.39, 0.29) is 11.7 Å². The summed E-state index contributed by atoms with van der Waals surface area (Å²) in [4.78, 5) is 12.5. The van der Waals surface area contributed by atoms with Crippen LogP contribution in [0.3, 0.4) is 0 Å². The molecular weight excluding hydrogens is 391 g/mol. The van der Waals surface area contributed by atoms with E-state index in [4.69, 9.17) is 4.74 Å². The Bertz CT molecular complexity index is 932. The van der Waals surface area contributed by atoms with Crippen LogP contribution >= 0.6 is 11.8 Å². The topological polar surface area (TPSA) is 69.0 Å². The zero-order valence-corrected chi connectivity index (χ0v) is 17.2. The summed E-state index contributed by atoms with van der Waals surface area (Å²) in [6, 6.07) is 15.7. The smallest absolute Gasteiger partial charge is 0.237 e. The predicted octanol–water partition coefficient (Wildman–Crippen LogP) is 3.77. The molecule has 0 saturated heterocycles. The summed E-state index contributed by atoms with van der Waals surface area (Å²) in [7, 11) is 1.65. The number of methoxy groups -OCH3 is 1. The third-order valence-electron chi connectivity index (χ3n) is 4.28. The number of nitrogens with zero attached hydrogens (tertiary/aromatic N) is 3. The van der Waals surface area contributed by atoms with Gasteiger partial charge >= 0.3 is 0 Å². The average Bonchev–Trinajstić information content (AvgIpc) is 3.09. The zero-order chi connectivity index (χ0) is 20.6. The van der Waals surface area contributed by atoms with Gasteiger partial charge in [-0.1, -0.05) is 42.1 Å². The average molecular weight is 415 g/mol. The first-order valence-electron chi connectivity index (χ1n) is 9.25. The predicted molar refractivity (Wildman–Crippen MR) is 111 cm³/mol. The summed E-state index contributed by atoms with van der Waals surface area (Å²) in [5.41, 5.74) is 1.69. The maximum atomic E-state index is 13.0. The number of hydrogen-bond acceptors (Lipinski definition) is 5. The van der Waals surface area contributed by atoms with Crippen LogP contribution in [0.5, 0.6) is 0 Å². The fourth-order valence-electron chi connectivity index (χ4n) is 2.71. The molecule has 3 aromatic rings. The number of aromatic nitrogens is 3. The Morgan fingerprint density at radius 2 is 1.90 bits per heavy atom. The molecule has 1 heterocycles. The van der Waals surface area contributed by atoms with Crippen molar-refractivity contribution in [1.29, 1.82) is 0 Å². The number of thioether (sulfide) groups is 1. The number of benzene rings is 2. The van der Waals surface area contributed by atoms with Crippen LogP contribution in [-0.2, 0) is 22.5 Å². The minimum Gasteiger partial charge on any atom is -0.383 e. The molecule has 0 aliphatic rings. The molecule has 3 rings (SSSR count). The van der Waals surface area contributed by atoms with Crippen LogP contribution in [0, 0.1) is 5.82 Å². The van der Waals surface area contributed by atoms with Crippen molar-refractivity contribution < 1.29 is 13.9 Å². The maximum Gasteiger partial charge on any atom is 0.237 e. The fraction of sp³-hybridized carbons (Fsp3) is 0.286. The first-order chi connectivity index (χ1) is 14.1. The van der Waals surface area contributed by atoms with Crippen LogP contribution < -0.4 is 5.32 Å². The van der Waals surface area contributed by atoms with Crippen LogP contribution in [0.15, 0.2) is 59.8 Å². The van der Waals surface area contributed by atoms with Gasteiger partial charge in [-0.2, -0.15) is 0 Å². The number of anilines is 1. The molecule has 29 heavy (non-hydrogen) atoms. The van der Waals surface area contributed by atoms with Crippen molar-refractivity contribution in [3.63, 3.8) is 0 Å². The van der Waals surface area contributed by atoms with Gasteiger partial charge in [0.2, 0.25) is 5.91 Å². The van der Waals surface area contributed by atoms with Crippen LogP contribution in [-0.4, -0.2) is 39.6 Å². The number of hydrogen-bond donors (Lipinski definition) is 1. The minimum absolute atomic E-state index is 0.187. The third-order valence-corrected chi connectivity index (χ3v) is 5.36. The number of nitrogens with one attached hydrogen (secondary N) is 1. The molecule has 0 fully saturated rings. The highest BCUT2D eigenvalue weighted by Gasteiger charge is 2.20. The molecule has 152 valence electrons. The Morgan fingerprint density at radius 3 is 2.59 bits per heavy atom. The number of amides is 1. The quantitative estimate of drug-likeness (QED) is 0.540. The monoisotopic (exact) mass is 414 g/mol. The third kappa shape index (κ3) is 5.88. The molecule has 0 spiro atoms. The van der Waals surface area contributed by atoms with Gasteiger partial charge in [0.15, 0.2) is 5.16 Å². The highest BCUT2D eigenvalue weighted by atomic mass is 32.2. The largest absolute Gasteiger partial charge is 0.383 e. The van der Waals surface area contributed by atoms with Gasteiger partial charge in [-0.3, -0.25) is 4.79 Å². The molecule has 1 amide bonds. The van der Waals surface area contributed by atoms with E-state index in [9.17, 15) is 9.18 Å². The summed E-state index contributed by atoms with van der Waals surface area (Å²) in [6.07, 6.45) is 0.647. The van der Waals surface area contributed by atoms with E-state index < -0.39 is 5.25 Å². The van der Waals surface area contributed by atoms with Gasteiger partial charge in [-0.15, -0.1) is 10.2 Å². The lowest BCUT2D eigenvalue weighted by molar-refractivity contribution is -0.115. The summed E-state index contributed by atoms with van der Waals surface area (Å²) in [6.45, 7) is 2.92. The second kappa shape index (κ2) is 10.2. The lowest BCUT2D eigenvalue weighted by Crippen LogP contribution is -2.23. The standard InChI is InChI=1S/C21H23FN4O2S/c1-15(20(27)23-18-10-8-17(22)9-11-18)29-21-25-24-19(26(21)12-13-28-2)14-16-6-4-3-5-7-16/h3-11,15H,12-14H2,1-2H3,(H,23,27)/t15-/m0/s1. The Balaban J connectivity index is 1.71. The number of ether oxygens (including phenoxy) is 1. The summed E-state index contributed by atoms with van der Waals surface area (Å²) < 4.78 is 20.2. The van der Waals surface area contributed by atoms with Gasteiger partial charge in [0.1, 0.15) is 11.6 Å². The Hall–Kier alpha value is -2.71. The van der Waals surface area contributed by atoms with E-state index in [1.807, 2.05) is 34.9 Å². The van der Waals surface area contributed by atoms with Crippen molar-refractivity contribution in [3.05, 3.63) is 71.8 Å². The lowest BCUT2D eigenvalue weighted by atomic mass is 10.1. The molecule has 6 nitrogen and oxygen atoms in total. The summed E-state index contributed by atoms with van der Waals surface area (Å²) in [5, 5.41) is 11.7. The Kier molecular flexibility index (Phi) is 7.37. The van der Waals surface area contributed by atoms with Crippen molar-refractivity contribution in [2.75, 3.05) is 19.0 Å². The summed E-state index contributed by atoms with van der Waals surface area (Å²) >= 11 is 1.33. The van der Waals surface area contributed by atoms with Crippen molar-refractivity contribution in [2.24, 2.45) is 0 Å². The van der Waals surface area contributed by atoms with Crippen LogP contribution in [0.2, 0.25) is 0 Å². The number of halogens is 1. The normalized spacial score (nSPS) is 12.0. The van der Waals surface area contributed by atoms with E-state index in [1.165, 1.54) is 36.0 Å². The molecule has 2 aromatic carbocycles. The van der Waals surface area contributed by atoms with Crippen molar-refractivity contribution in [3.8, 4) is 0 Å². The van der Waals surface area contributed by atoms with E-state index >= 15 is 0 Å². The number of rotatable bonds is 9. The lowest BCUT2D eigenvalue weighted by Gasteiger charge is -2.14. The molecule has 0 unspecified atom stereocenters. The van der Waals surface area contributed by atoms with E-state index in [1.54, 1.807) is 14.0 Å². The van der Waals surface area contributed by atoms with Crippen LogP contribution in [0.4, 0.5) is 10.1 Å². The van der Waals surface area contributed by atoms with Crippen molar-refractivity contribution in [1.82, 2.24) is 14.8 Å². The highest BCUT2D eigenvalue weighted by molar-refractivity contribution is 8.00. The van der Waals surface area contributed by atoms with Crippen molar-refractivity contribution >= 4 is 23.4 Å². The molecular formula is C21H23FN4O2S. The Labute approximate surface area is 173 Å². The number of carbonyl (C=O) groups is 1. The maximum absolute atomic E-state index is 13.0. The molecule has 8 heteroatoms. The van der Waals surface area contributed by atoms with E-state index in [0.717, 1.165) is 11.4 Å². The summed E-state index contributed by atoms with van der Waals surface area (Å²) in [5.74, 6) is 0.289. The van der Waals surface area contributed by atoms with Gasteiger partial charge in [-0.05, 0) is 36.8 Å². The van der Waals surface area contributed by atoms with E-state index in [2.05, 4.69) is 15.5 Å². The van der Waals surface area contributed by atoms with Crippen LogP contribution in [0.1, 0.15) is 18.3 Å². The fourth-order valence-corrected chi connectivity index (χ4v) is 3.61. The number of carbonyl (C=O) groups excluding carboxylic acids is 1. The molecule has 0 aliphatic carbocycles. The molecule has 1 N–H and O–H groups in total. The first kappa shape index (κ1) is 21.0. The molecule has 0 saturated carbocycles. The second-order valence-corrected chi connectivity index (χ2v) is 7.77. The van der Waals surface area contributed by atoms with Crippen LogP contribution in [0.25, 0.3) is 0 Å². The zero-order valence-electron chi connectivity index (χ0n) is 16.3. The van der Waals surface area contributed by atoms with Gasteiger partial charge in [-0.25, -0.2) is 4.39 Å². The molecule has 0 bridgehead atoms. The Morgan fingerprint density at radius 1 is 1.17 bits per heavy atom.